The third kappa shape index (κ3) is 3.04. The van der Waals surface area contributed by atoms with Gasteiger partial charge in [-0.1, -0.05) is 31.9 Å². The Bertz CT molecular complexity index is 363. The first-order valence-corrected chi connectivity index (χ1v) is 7.82. The number of nitrogens with one attached hydrogen (secondary N) is 1. The quantitative estimate of drug-likeness (QED) is 0.823. The lowest BCUT2D eigenvalue weighted by atomic mass is 9.93. The molecule has 1 nitrogen and oxygen atoms in total. The van der Waals surface area contributed by atoms with Crippen LogP contribution < -0.4 is 5.32 Å². The van der Waals surface area contributed by atoms with E-state index in [1.54, 1.807) is 11.3 Å². The van der Waals surface area contributed by atoms with Crippen LogP contribution in [0.15, 0.2) is 12.1 Å². The number of hydrogen-bond donors (Lipinski definition) is 1. The van der Waals surface area contributed by atoms with Crippen molar-refractivity contribution in [2.45, 2.75) is 52.1 Å². The normalized spacial score (nSPS) is 30.7. The summed E-state index contributed by atoms with van der Waals surface area (Å²) in [6, 6.07) is 5.24. The summed E-state index contributed by atoms with van der Waals surface area (Å²) in [5.74, 6) is 1.71. The zero-order valence-corrected chi connectivity index (χ0v) is 12.4. The highest BCUT2D eigenvalue weighted by molar-refractivity contribution is 7.16. The highest BCUT2D eigenvalue weighted by atomic mass is 35.5. The van der Waals surface area contributed by atoms with Crippen LogP contribution in [0.5, 0.6) is 0 Å². The molecule has 4 unspecified atom stereocenters. The minimum absolute atomic E-state index is 0.426. The van der Waals surface area contributed by atoms with Crippen LogP contribution in [0.2, 0.25) is 4.34 Å². The first kappa shape index (κ1) is 13.4. The molecule has 96 valence electrons. The lowest BCUT2D eigenvalue weighted by molar-refractivity contribution is 0.328. The van der Waals surface area contributed by atoms with Gasteiger partial charge in [-0.2, -0.15) is 0 Å². The number of halogens is 1. The molecule has 0 radical (unpaired) electrons. The molecule has 0 saturated heterocycles. The molecule has 1 fully saturated rings. The Morgan fingerprint density at radius 2 is 2.24 bits per heavy atom. The van der Waals surface area contributed by atoms with E-state index >= 15 is 0 Å². The molecule has 1 heterocycles. The Kier molecular flexibility index (Phi) is 4.51. The van der Waals surface area contributed by atoms with Crippen LogP contribution in [0.1, 0.15) is 51.0 Å². The summed E-state index contributed by atoms with van der Waals surface area (Å²) in [7, 11) is 0. The first-order chi connectivity index (χ1) is 8.11. The lowest BCUT2D eigenvalue weighted by Gasteiger charge is -2.24. The van der Waals surface area contributed by atoms with E-state index in [1.165, 1.54) is 24.1 Å². The van der Waals surface area contributed by atoms with Gasteiger partial charge in [0.15, 0.2) is 0 Å². The second-order valence-electron chi connectivity index (χ2n) is 5.24. The molecule has 0 amide bonds. The zero-order valence-electron chi connectivity index (χ0n) is 10.9. The van der Waals surface area contributed by atoms with Crippen molar-refractivity contribution in [2.75, 3.05) is 0 Å². The molecule has 1 saturated carbocycles. The summed E-state index contributed by atoms with van der Waals surface area (Å²) in [5, 5.41) is 3.77. The van der Waals surface area contributed by atoms with Crippen LogP contribution in [-0.4, -0.2) is 6.04 Å². The molecule has 4 atom stereocenters. The Morgan fingerprint density at radius 1 is 1.47 bits per heavy atom. The second-order valence-corrected chi connectivity index (χ2v) is 6.99. The molecule has 1 aliphatic rings. The summed E-state index contributed by atoms with van der Waals surface area (Å²) in [5.41, 5.74) is 0. The van der Waals surface area contributed by atoms with E-state index in [0.717, 1.165) is 16.2 Å². The van der Waals surface area contributed by atoms with Gasteiger partial charge in [-0.05, 0) is 43.7 Å². The molecular formula is C14H22ClNS. The third-order valence-electron chi connectivity index (χ3n) is 4.24. The predicted molar refractivity (Wildman–Crippen MR) is 76.8 cm³/mol. The van der Waals surface area contributed by atoms with Crippen molar-refractivity contribution in [3.63, 3.8) is 0 Å². The Labute approximate surface area is 114 Å². The molecular weight excluding hydrogens is 250 g/mol. The van der Waals surface area contributed by atoms with Crippen molar-refractivity contribution >= 4 is 22.9 Å². The van der Waals surface area contributed by atoms with Crippen molar-refractivity contribution in [1.82, 2.24) is 5.32 Å². The summed E-state index contributed by atoms with van der Waals surface area (Å²) >= 11 is 7.68. The monoisotopic (exact) mass is 271 g/mol. The van der Waals surface area contributed by atoms with E-state index in [0.29, 0.717) is 12.1 Å². The summed E-state index contributed by atoms with van der Waals surface area (Å²) in [4.78, 5) is 1.35. The fourth-order valence-electron chi connectivity index (χ4n) is 3.02. The van der Waals surface area contributed by atoms with Crippen molar-refractivity contribution in [1.29, 1.82) is 0 Å². The fraction of sp³-hybridized carbons (Fsp3) is 0.714. The van der Waals surface area contributed by atoms with Gasteiger partial charge in [-0.15, -0.1) is 11.3 Å². The standard InChI is InChI=1S/C14H22ClNS/c1-4-11-5-6-12(9(11)2)16-10(3)13-7-8-14(15)17-13/h7-12,16H,4-6H2,1-3H3. The Balaban J connectivity index is 1.93. The molecule has 0 bridgehead atoms. The van der Waals surface area contributed by atoms with E-state index in [4.69, 9.17) is 11.6 Å². The molecule has 1 N–H and O–H groups in total. The molecule has 3 heteroatoms. The molecule has 1 aromatic rings. The maximum atomic E-state index is 5.99. The molecule has 1 aromatic heterocycles. The highest BCUT2D eigenvalue weighted by Crippen LogP contribution is 2.36. The van der Waals surface area contributed by atoms with Crippen LogP contribution in [0, 0.1) is 11.8 Å². The minimum atomic E-state index is 0.426. The van der Waals surface area contributed by atoms with Crippen molar-refractivity contribution < 1.29 is 0 Å². The number of hydrogen-bond acceptors (Lipinski definition) is 2. The first-order valence-electron chi connectivity index (χ1n) is 6.63. The maximum Gasteiger partial charge on any atom is 0.0931 e. The molecule has 17 heavy (non-hydrogen) atoms. The van der Waals surface area contributed by atoms with Gasteiger partial charge >= 0.3 is 0 Å². The van der Waals surface area contributed by atoms with Gasteiger partial charge in [0.2, 0.25) is 0 Å². The SMILES string of the molecule is CCC1CCC(NC(C)c2ccc(Cl)s2)C1C. The van der Waals surface area contributed by atoms with Crippen molar-refractivity contribution in [2.24, 2.45) is 11.8 Å². The summed E-state index contributed by atoms with van der Waals surface area (Å²) < 4.78 is 0.888. The van der Waals surface area contributed by atoms with Gasteiger partial charge < -0.3 is 5.32 Å². The van der Waals surface area contributed by atoms with Crippen LogP contribution in [0.25, 0.3) is 0 Å². The van der Waals surface area contributed by atoms with Crippen LogP contribution in [-0.2, 0) is 0 Å². The summed E-state index contributed by atoms with van der Waals surface area (Å²) in [6.45, 7) is 6.95. The van der Waals surface area contributed by atoms with Crippen molar-refractivity contribution in [3.8, 4) is 0 Å². The second kappa shape index (κ2) is 5.73. The molecule has 2 rings (SSSR count). The maximum absolute atomic E-state index is 5.99. The Morgan fingerprint density at radius 3 is 2.76 bits per heavy atom. The smallest absolute Gasteiger partial charge is 0.0931 e. The minimum Gasteiger partial charge on any atom is -0.306 e. The van der Waals surface area contributed by atoms with Gasteiger partial charge in [0.1, 0.15) is 0 Å². The average molecular weight is 272 g/mol. The van der Waals surface area contributed by atoms with E-state index in [1.807, 2.05) is 6.07 Å². The van der Waals surface area contributed by atoms with E-state index in [9.17, 15) is 0 Å². The number of rotatable bonds is 4. The van der Waals surface area contributed by atoms with Gasteiger partial charge in [0, 0.05) is 17.0 Å². The van der Waals surface area contributed by atoms with Crippen molar-refractivity contribution in [3.05, 3.63) is 21.3 Å². The predicted octanol–water partition coefficient (Wildman–Crippen LogP) is 4.88. The topological polar surface area (TPSA) is 12.0 Å². The average Bonchev–Trinajstić information content (AvgIpc) is 2.87. The van der Waals surface area contributed by atoms with E-state index < -0.39 is 0 Å². The molecule has 0 aliphatic heterocycles. The van der Waals surface area contributed by atoms with E-state index in [2.05, 4.69) is 32.2 Å². The van der Waals surface area contributed by atoms with Crippen LogP contribution in [0.4, 0.5) is 0 Å². The van der Waals surface area contributed by atoms with Gasteiger partial charge in [-0.3, -0.25) is 0 Å². The highest BCUT2D eigenvalue weighted by Gasteiger charge is 2.32. The zero-order chi connectivity index (χ0) is 12.4. The summed E-state index contributed by atoms with van der Waals surface area (Å²) in [6.07, 6.45) is 4.02. The fourth-order valence-corrected chi connectivity index (χ4v) is 4.10. The van der Waals surface area contributed by atoms with E-state index in [-0.39, 0.29) is 0 Å². The van der Waals surface area contributed by atoms with Crippen LogP contribution in [0.3, 0.4) is 0 Å². The lowest BCUT2D eigenvalue weighted by Crippen LogP contribution is -2.34. The van der Waals surface area contributed by atoms with Gasteiger partial charge in [0.25, 0.3) is 0 Å². The number of thiophene rings is 1. The van der Waals surface area contributed by atoms with Gasteiger partial charge in [0.05, 0.1) is 4.34 Å². The molecule has 0 spiro atoms. The largest absolute Gasteiger partial charge is 0.306 e. The Hall–Kier alpha value is -0.0500. The molecule has 1 aliphatic carbocycles. The third-order valence-corrected chi connectivity index (χ3v) is 5.65. The van der Waals surface area contributed by atoms with Gasteiger partial charge in [-0.25, -0.2) is 0 Å². The molecule has 0 aromatic carbocycles. The van der Waals surface area contributed by atoms with Crippen LogP contribution >= 0.6 is 22.9 Å².